The number of hydrogen-bond acceptors (Lipinski definition) is 10. The summed E-state index contributed by atoms with van der Waals surface area (Å²) in [5, 5.41) is 24.5. The van der Waals surface area contributed by atoms with Crippen molar-refractivity contribution in [1.29, 1.82) is 0 Å². The molecule has 2 aromatic carbocycles. The zero-order valence-electron chi connectivity index (χ0n) is 20.8. The Morgan fingerprint density at radius 2 is 1.94 bits per heavy atom. The summed E-state index contributed by atoms with van der Waals surface area (Å²) in [5.74, 6) is 1.65. The molecule has 11 heteroatoms. The van der Waals surface area contributed by atoms with Crippen molar-refractivity contribution in [3.05, 3.63) is 53.3 Å². The van der Waals surface area contributed by atoms with Crippen LogP contribution in [-0.4, -0.2) is 64.6 Å². The summed E-state index contributed by atoms with van der Waals surface area (Å²) in [7, 11) is 6.32. The third-order valence-electron chi connectivity index (χ3n) is 6.31. The zero-order valence-corrected chi connectivity index (χ0v) is 20.8. The number of methoxy groups -OCH3 is 3. The van der Waals surface area contributed by atoms with Gasteiger partial charge in [0.2, 0.25) is 0 Å². The van der Waals surface area contributed by atoms with Gasteiger partial charge in [-0.2, -0.15) is 4.80 Å². The average molecular weight is 485 g/mol. The van der Waals surface area contributed by atoms with Crippen molar-refractivity contribution in [2.75, 3.05) is 32.0 Å². The summed E-state index contributed by atoms with van der Waals surface area (Å²) in [6.45, 7) is 3.97. The van der Waals surface area contributed by atoms with Crippen molar-refractivity contribution >= 4 is 11.4 Å². The molecule has 0 saturated carbocycles. The summed E-state index contributed by atoms with van der Waals surface area (Å²) in [5.41, 5.74) is 7.91. The highest BCUT2D eigenvalue weighted by molar-refractivity contribution is 5.63. The van der Waals surface area contributed by atoms with Gasteiger partial charge in [0.25, 0.3) is 0 Å². The van der Waals surface area contributed by atoms with E-state index in [0.717, 1.165) is 11.3 Å². The van der Waals surface area contributed by atoms with Crippen LogP contribution in [0.4, 0.5) is 11.4 Å². The van der Waals surface area contributed by atoms with Crippen molar-refractivity contribution in [1.82, 2.24) is 20.2 Å². The highest BCUT2D eigenvalue weighted by Crippen LogP contribution is 2.48. The van der Waals surface area contributed by atoms with E-state index in [0.29, 0.717) is 28.6 Å². The maximum Gasteiger partial charge on any atom is 0.199 e. The van der Waals surface area contributed by atoms with E-state index in [-0.39, 0.29) is 6.54 Å². The lowest BCUT2D eigenvalue weighted by atomic mass is 9.83. The highest BCUT2D eigenvalue weighted by atomic mass is 16.7. The Kier molecular flexibility index (Phi) is 6.84. The minimum absolute atomic E-state index is 0.227. The van der Waals surface area contributed by atoms with Crippen LogP contribution in [0.2, 0.25) is 0 Å². The number of tetrazole rings is 1. The number of nitrogens with zero attached hydrogens (tertiary/aromatic N) is 5. The summed E-state index contributed by atoms with van der Waals surface area (Å²) in [6.07, 6.45) is -1.98. The van der Waals surface area contributed by atoms with Gasteiger partial charge in [-0.05, 0) is 55.0 Å². The number of rotatable bonds is 8. The molecule has 35 heavy (non-hydrogen) atoms. The molecule has 0 radical (unpaired) electrons. The van der Waals surface area contributed by atoms with E-state index in [9.17, 15) is 5.11 Å². The van der Waals surface area contributed by atoms with Gasteiger partial charge in [-0.3, -0.25) is 0 Å². The van der Waals surface area contributed by atoms with Crippen LogP contribution in [0.1, 0.15) is 29.9 Å². The molecule has 188 valence electrons. The Bertz CT molecular complexity index is 1180. The van der Waals surface area contributed by atoms with Crippen molar-refractivity contribution in [3.63, 3.8) is 0 Å². The van der Waals surface area contributed by atoms with Gasteiger partial charge in [0.15, 0.2) is 17.7 Å². The highest BCUT2D eigenvalue weighted by Gasteiger charge is 2.54. The van der Waals surface area contributed by atoms with E-state index in [1.54, 1.807) is 39.3 Å². The molecular weight excluding hydrogens is 452 g/mol. The van der Waals surface area contributed by atoms with Crippen molar-refractivity contribution in [2.24, 2.45) is 7.05 Å². The van der Waals surface area contributed by atoms with Crippen LogP contribution in [0.25, 0.3) is 0 Å². The van der Waals surface area contributed by atoms with E-state index < -0.39 is 24.0 Å². The molecule has 0 bridgehead atoms. The van der Waals surface area contributed by atoms with Crippen LogP contribution >= 0.6 is 0 Å². The summed E-state index contributed by atoms with van der Waals surface area (Å²) in [6, 6.07) is 10.5. The molecule has 3 aromatic rings. The standard InChI is InChI=1S/C24H32N6O5/c1-14-7-9-19(32-4)17(11-14)30(13-20-26-28-29(3)27-20)21-16-12-15(25)8-10-18(16)35-24(2,22(21)31)23(33-5)34-6/h7-12,21-23,31H,13,25H2,1-6H3/t21-,22+,24-/m0/s1. The van der Waals surface area contributed by atoms with Crippen molar-refractivity contribution in [2.45, 2.75) is 44.4 Å². The van der Waals surface area contributed by atoms with E-state index in [1.807, 2.05) is 30.0 Å². The van der Waals surface area contributed by atoms with Crippen LogP contribution < -0.4 is 20.1 Å². The lowest BCUT2D eigenvalue weighted by Crippen LogP contribution is -2.62. The fourth-order valence-corrected chi connectivity index (χ4v) is 4.66. The van der Waals surface area contributed by atoms with Crippen molar-refractivity contribution < 1.29 is 24.1 Å². The molecule has 2 heterocycles. The van der Waals surface area contributed by atoms with E-state index in [4.69, 9.17) is 24.7 Å². The van der Waals surface area contributed by atoms with E-state index in [2.05, 4.69) is 15.4 Å². The summed E-state index contributed by atoms with van der Waals surface area (Å²) in [4.78, 5) is 3.37. The lowest BCUT2D eigenvalue weighted by Gasteiger charge is -2.50. The quantitative estimate of drug-likeness (QED) is 0.362. The molecule has 0 fully saturated rings. The Hall–Kier alpha value is -3.41. The molecule has 3 atom stereocenters. The number of ether oxygens (including phenoxy) is 4. The summed E-state index contributed by atoms with van der Waals surface area (Å²) < 4.78 is 23.1. The van der Waals surface area contributed by atoms with Crippen molar-refractivity contribution in [3.8, 4) is 11.5 Å². The molecule has 0 aliphatic carbocycles. The molecule has 1 aromatic heterocycles. The summed E-state index contributed by atoms with van der Waals surface area (Å²) >= 11 is 0. The molecule has 0 saturated heterocycles. The Morgan fingerprint density at radius 3 is 2.57 bits per heavy atom. The second kappa shape index (κ2) is 9.68. The molecule has 0 unspecified atom stereocenters. The molecule has 3 N–H and O–H groups in total. The fourth-order valence-electron chi connectivity index (χ4n) is 4.66. The first-order chi connectivity index (χ1) is 16.7. The zero-order chi connectivity index (χ0) is 25.3. The van der Waals surface area contributed by atoms with Crippen LogP contribution in [0, 0.1) is 6.92 Å². The number of nitrogens with two attached hydrogens (primary N) is 1. The molecular formula is C24H32N6O5. The Morgan fingerprint density at radius 1 is 1.20 bits per heavy atom. The number of aryl methyl sites for hydroxylation is 2. The first kappa shape index (κ1) is 24.7. The SMILES string of the molecule is COc1ccc(C)cc1N(Cc1nnn(C)n1)[C@H]1c2cc(N)ccc2O[C@](C)(C(OC)OC)[C@@H]1O. The number of hydrogen-bond donors (Lipinski definition) is 2. The van der Waals surface area contributed by atoms with Crippen LogP contribution in [-0.2, 0) is 23.1 Å². The Balaban J connectivity index is 1.95. The predicted octanol–water partition coefficient (Wildman–Crippen LogP) is 1.99. The van der Waals surface area contributed by atoms with Gasteiger partial charge in [-0.25, -0.2) is 0 Å². The predicted molar refractivity (Wildman–Crippen MR) is 129 cm³/mol. The number of benzene rings is 2. The molecule has 11 nitrogen and oxygen atoms in total. The largest absolute Gasteiger partial charge is 0.495 e. The smallest absolute Gasteiger partial charge is 0.199 e. The lowest BCUT2D eigenvalue weighted by molar-refractivity contribution is -0.237. The monoisotopic (exact) mass is 484 g/mol. The van der Waals surface area contributed by atoms with Crippen LogP contribution in [0.15, 0.2) is 36.4 Å². The van der Waals surface area contributed by atoms with E-state index >= 15 is 0 Å². The average Bonchev–Trinajstić information content (AvgIpc) is 3.24. The minimum Gasteiger partial charge on any atom is -0.495 e. The van der Waals surface area contributed by atoms with Gasteiger partial charge < -0.3 is 34.7 Å². The maximum atomic E-state index is 11.9. The fraction of sp³-hybridized carbons (Fsp3) is 0.458. The number of aliphatic hydroxyl groups is 1. The molecule has 0 spiro atoms. The third kappa shape index (κ3) is 4.49. The number of aromatic nitrogens is 4. The number of aliphatic hydroxyl groups excluding tert-OH is 1. The topological polar surface area (TPSA) is 130 Å². The maximum absolute atomic E-state index is 11.9. The molecule has 1 aliphatic rings. The first-order valence-electron chi connectivity index (χ1n) is 11.2. The molecule has 4 rings (SSSR count). The Labute approximate surface area is 204 Å². The number of fused-ring (bicyclic) bond motifs is 1. The van der Waals surface area contributed by atoms with Gasteiger partial charge >= 0.3 is 0 Å². The third-order valence-corrected chi connectivity index (χ3v) is 6.31. The van der Waals surface area contributed by atoms with Crippen LogP contribution in [0.5, 0.6) is 11.5 Å². The van der Waals surface area contributed by atoms with Gasteiger partial charge in [-0.15, -0.1) is 10.2 Å². The first-order valence-corrected chi connectivity index (χ1v) is 11.2. The van der Waals surface area contributed by atoms with Gasteiger partial charge in [0.05, 0.1) is 32.4 Å². The normalized spacial score (nSPS) is 21.5. The molecule has 1 aliphatic heterocycles. The second-order valence-electron chi connectivity index (χ2n) is 8.77. The van der Waals surface area contributed by atoms with Gasteiger partial charge in [0.1, 0.15) is 17.6 Å². The number of nitrogen functional groups attached to an aromatic ring is 1. The van der Waals surface area contributed by atoms with E-state index in [1.165, 1.54) is 19.0 Å². The molecule has 0 amide bonds. The van der Waals surface area contributed by atoms with Gasteiger partial charge in [0, 0.05) is 25.5 Å². The second-order valence-corrected chi connectivity index (χ2v) is 8.77. The van der Waals surface area contributed by atoms with Gasteiger partial charge in [-0.1, -0.05) is 6.07 Å². The number of anilines is 2. The minimum atomic E-state index is -1.26. The van der Waals surface area contributed by atoms with Crippen LogP contribution in [0.3, 0.4) is 0 Å².